The van der Waals surface area contributed by atoms with Crippen LogP contribution in [0.2, 0.25) is 0 Å². The Labute approximate surface area is 176 Å². The Morgan fingerprint density at radius 1 is 1.20 bits per heavy atom. The molecule has 10 heteroatoms. The van der Waals surface area contributed by atoms with Gasteiger partial charge in [-0.2, -0.15) is 4.31 Å². The highest BCUT2D eigenvalue weighted by Crippen LogP contribution is 2.31. The zero-order valence-corrected chi connectivity index (χ0v) is 17.8. The Hall–Kier alpha value is -2.59. The van der Waals surface area contributed by atoms with Gasteiger partial charge in [-0.15, -0.1) is 0 Å². The Bertz CT molecular complexity index is 1000. The fourth-order valence-corrected chi connectivity index (χ4v) is 5.09. The number of nitrogens with zero attached hydrogens (tertiary/aromatic N) is 4. The standard InChI is InChI=1S/C20H26N4O5S/c1-22(11-16-14-28-17-7-3-4-8-18(17)29-16)20(25)13-23-12-19(21-15-23)30(26,27)24-9-5-2-6-10-24/h3-4,7-8,12,15-16H,2,5-6,9-11,13-14H2,1H3/t16-/m0/s1. The second-order valence-corrected chi connectivity index (χ2v) is 9.51. The first-order valence-corrected chi connectivity index (χ1v) is 11.5. The van der Waals surface area contributed by atoms with Gasteiger partial charge in [-0.25, -0.2) is 13.4 Å². The largest absolute Gasteiger partial charge is 0.486 e. The number of para-hydroxylation sites is 2. The van der Waals surface area contributed by atoms with E-state index in [1.165, 1.54) is 21.4 Å². The number of rotatable bonds is 6. The molecule has 1 aromatic heterocycles. The van der Waals surface area contributed by atoms with E-state index in [1.807, 2.05) is 24.3 Å². The van der Waals surface area contributed by atoms with Gasteiger partial charge in [0.1, 0.15) is 13.2 Å². The quantitative estimate of drug-likeness (QED) is 0.681. The maximum atomic E-state index is 12.7. The molecule has 1 amide bonds. The molecule has 162 valence electrons. The number of amides is 1. The number of hydrogen-bond donors (Lipinski definition) is 0. The lowest BCUT2D eigenvalue weighted by molar-refractivity contribution is -0.131. The fourth-order valence-electron chi connectivity index (χ4n) is 3.63. The number of fused-ring (bicyclic) bond motifs is 1. The lowest BCUT2D eigenvalue weighted by Gasteiger charge is -2.29. The van der Waals surface area contributed by atoms with E-state index in [0.29, 0.717) is 37.7 Å². The first-order valence-electron chi connectivity index (χ1n) is 10.1. The highest BCUT2D eigenvalue weighted by atomic mass is 32.2. The summed E-state index contributed by atoms with van der Waals surface area (Å²) in [6.45, 7) is 1.76. The number of sulfonamides is 1. The van der Waals surface area contributed by atoms with E-state index in [4.69, 9.17) is 9.47 Å². The van der Waals surface area contributed by atoms with Crippen molar-refractivity contribution in [2.75, 3.05) is 33.3 Å². The molecule has 30 heavy (non-hydrogen) atoms. The van der Waals surface area contributed by atoms with Crippen molar-refractivity contribution < 1.29 is 22.7 Å². The Morgan fingerprint density at radius 3 is 2.70 bits per heavy atom. The van der Waals surface area contributed by atoms with Crippen molar-refractivity contribution in [3.63, 3.8) is 0 Å². The number of piperidine rings is 1. The van der Waals surface area contributed by atoms with Crippen LogP contribution in [0, 0.1) is 0 Å². The van der Waals surface area contributed by atoms with E-state index in [2.05, 4.69) is 4.98 Å². The third-order valence-corrected chi connectivity index (χ3v) is 7.10. The smallest absolute Gasteiger partial charge is 0.262 e. The molecule has 0 aliphatic carbocycles. The summed E-state index contributed by atoms with van der Waals surface area (Å²) < 4.78 is 40.0. The van der Waals surface area contributed by atoms with Crippen LogP contribution in [0.1, 0.15) is 19.3 Å². The Morgan fingerprint density at radius 2 is 1.93 bits per heavy atom. The summed E-state index contributed by atoms with van der Waals surface area (Å²) in [5.41, 5.74) is 0. The van der Waals surface area contributed by atoms with Gasteiger partial charge in [-0.3, -0.25) is 4.79 Å². The molecule has 0 saturated carbocycles. The number of imidazole rings is 1. The van der Waals surface area contributed by atoms with E-state index < -0.39 is 10.0 Å². The topological polar surface area (TPSA) is 94.0 Å². The normalized spacial score (nSPS) is 19.4. The van der Waals surface area contributed by atoms with Crippen LogP contribution in [0.25, 0.3) is 0 Å². The van der Waals surface area contributed by atoms with E-state index in [0.717, 1.165) is 19.3 Å². The highest BCUT2D eigenvalue weighted by Gasteiger charge is 2.28. The number of benzene rings is 1. The summed E-state index contributed by atoms with van der Waals surface area (Å²) in [6.07, 6.45) is 5.31. The third kappa shape index (κ3) is 4.44. The maximum absolute atomic E-state index is 12.7. The molecule has 3 heterocycles. The second kappa shape index (κ2) is 8.65. The predicted molar refractivity (Wildman–Crippen MR) is 109 cm³/mol. The number of hydrogen-bond acceptors (Lipinski definition) is 6. The van der Waals surface area contributed by atoms with Crippen molar-refractivity contribution in [3.8, 4) is 11.5 Å². The van der Waals surface area contributed by atoms with Gasteiger partial charge >= 0.3 is 0 Å². The van der Waals surface area contributed by atoms with Crippen LogP contribution in [-0.2, 0) is 21.4 Å². The maximum Gasteiger partial charge on any atom is 0.262 e. The van der Waals surface area contributed by atoms with Crippen LogP contribution in [-0.4, -0.2) is 72.5 Å². The monoisotopic (exact) mass is 434 g/mol. The van der Waals surface area contributed by atoms with Gasteiger partial charge in [0.25, 0.3) is 10.0 Å². The first kappa shape index (κ1) is 20.7. The third-order valence-electron chi connectivity index (χ3n) is 5.32. The minimum atomic E-state index is -3.61. The molecular weight excluding hydrogens is 408 g/mol. The van der Waals surface area contributed by atoms with Crippen molar-refractivity contribution in [3.05, 3.63) is 36.8 Å². The van der Waals surface area contributed by atoms with Gasteiger partial charge in [0.05, 0.1) is 12.9 Å². The summed E-state index contributed by atoms with van der Waals surface area (Å²) in [6, 6.07) is 7.42. The first-order chi connectivity index (χ1) is 14.4. The van der Waals surface area contributed by atoms with Crippen LogP contribution >= 0.6 is 0 Å². The lowest BCUT2D eigenvalue weighted by Crippen LogP contribution is -2.42. The number of carbonyl (C=O) groups is 1. The molecule has 2 aliphatic rings. The van der Waals surface area contributed by atoms with Crippen molar-refractivity contribution >= 4 is 15.9 Å². The van der Waals surface area contributed by atoms with E-state index in [1.54, 1.807) is 11.9 Å². The molecule has 1 atom stereocenters. The molecular formula is C20H26N4O5S. The number of likely N-dealkylation sites (N-methyl/N-ethyl adjacent to an activating group) is 1. The zero-order valence-electron chi connectivity index (χ0n) is 16.9. The number of carbonyl (C=O) groups excluding carboxylic acids is 1. The van der Waals surface area contributed by atoms with Gasteiger partial charge in [0.2, 0.25) is 5.91 Å². The zero-order chi connectivity index (χ0) is 21.1. The molecule has 2 aliphatic heterocycles. The summed E-state index contributed by atoms with van der Waals surface area (Å²) in [4.78, 5) is 18.2. The minimum absolute atomic E-state index is 0.00316. The van der Waals surface area contributed by atoms with Gasteiger partial charge < -0.3 is 18.9 Å². The van der Waals surface area contributed by atoms with Crippen LogP contribution in [0.4, 0.5) is 0 Å². The van der Waals surface area contributed by atoms with Gasteiger partial charge in [0, 0.05) is 26.3 Å². The molecule has 0 bridgehead atoms. The summed E-state index contributed by atoms with van der Waals surface area (Å²) in [5, 5.41) is -0.0135. The van der Waals surface area contributed by atoms with Crippen LogP contribution < -0.4 is 9.47 Å². The summed E-state index contributed by atoms with van der Waals surface area (Å²) in [5.74, 6) is 1.19. The van der Waals surface area contributed by atoms with E-state index in [-0.39, 0.29) is 23.6 Å². The molecule has 2 aromatic rings. The molecule has 1 fully saturated rings. The molecule has 1 saturated heterocycles. The van der Waals surface area contributed by atoms with Crippen molar-refractivity contribution in [2.45, 2.75) is 36.9 Å². The lowest BCUT2D eigenvalue weighted by atomic mass is 10.2. The number of ether oxygens (including phenoxy) is 2. The molecule has 0 radical (unpaired) electrons. The van der Waals surface area contributed by atoms with Crippen LogP contribution in [0.15, 0.2) is 41.8 Å². The molecule has 0 unspecified atom stereocenters. The van der Waals surface area contributed by atoms with Gasteiger partial charge in [0.15, 0.2) is 22.6 Å². The Balaban J connectivity index is 1.34. The predicted octanol–water partition coefficient (Wildman–Crippen LogP) is 1.36. The molecule has 0 N–H and O–H groups in total. The summed E-state index contributed by atoms with van der Waals surface area (Å²) >= 11 is 0. The van der Waals surface area contributed by atoms with Crippen LogP contribution in [0.5, 0.6) is 11.5 Å². The number of aromatic nitrogens is 2. The van der Waals surface area contributed by atoms with Gasteiger partial charge in [-0.1, -0.05) is 18.6 Å². The highest BCUT2D eigenvalue weighted by molar-refractivity contribution is 7.89. The van der Waals surface area contributed by atoms with Gasteiger partial charge in [-0.05, 0) is 25.0 Å². The van der Waals surface area contributed by atoms with Crippen LogP contribution in [0.3, 0.4) is 0 Å². The molecule has 9 nitrogen and oxygen atoms in total. The summed E-state index contributed by atoms with van der Waals surface area (Å²) in [7, 11) is -1.92. The second-order valence-electron chi connectivity index (χ2n) is 7.62. The molecule has 1 aromatic carbocycles. The average molecular weight is 435 g/mol. The SMILES string of the molecule is CN(C[C@H]1COc2ccccc2O1)C(=O)Cn1cnc(S(=O)(=O)N2CCCCC2)c1. The van der Waals surface area contributed by atoms with E-state index in [9.17, 15) is 13.2 Å². The minimum Gasteiger partial charge on any atom is -0.486 e. The van der Waals surface area contributed by atoms with Crippen molar-refractivity contribution in [1.82, 2.24) is 18.8 Å². The van der Waals surface area contributed by atoms with Crippen molar-refractivity contribution in [2.24, 2.45) is 0 Å². The fraction of sp³-hybridized carbons (Fsp3) is 0.500. The Kier molecular flexibility index (Phi) is 5.96. The average Bonchev–Trinajstić information content (AvgIpc) is 3.23. The molecule has 0 spiro atoms. The van der Waals surface area contributed by atoms with E-state index >= 15 is 0 Å². The van der Waals surface area contributed by atoms with Crippen molar-refractivity contribution in [1.29, 1.82) is 0 Å². The molecule has 4 rings (SSSR count).